The number of para-hydroxylation sites is 2. The number of nitrogens with zero attached hydrogens (tertiary/aromatic N) is 4. The van der Waals surface area contributed by atoms with Crippen LogP contribution in [0, 0.1) is 13.7 Å². The van der Waals surface area contributed by atoms with E-state index in [1.54, 1.807) is 35.2 Å². The van der Waals surface area contributed by atoms with Crippen LogP contribution in [0.25, 0.3) is 11.3 Å². The number of benzene rings is 3. The molecule has 35 heavy (non-hydrogen) atoms. The lowest BCUT2D eigenvalue weighted by Gasteiger charge is -2.18. The van der Waals surface area contributed by atoms with Crippen molar-refractivity contribution in [1.82, 2.24) is 4.68 Å². The summed E-state index contributed by atoms with van der Waals surface area (Å²) in [5, 5.41) is 20.9. The SMILES string of the molecule is O=C1COc2ccc(-c3csc(=Nc4ccccc4[N+](=O)[O-])n3N=Cc3ccccc3I)cc2N1. The highest BCUT2D eigenvalue weighted by molar-refractivity contribution is 14.1. The Hall–Kier alpha value is -3.84. The van der Waals surface area contributed by atoms with E-state index < -0.39 is 4.92 Å². The summed E-state index contributed by atoms with van der Waals surface area (Å²) in [5.74, 6) is 0.360. The predicted molar refractivity (Wildman–Crippen MR) is 142 cm³/mol. The number of halogens is 1. The van der Waals surface area contributed by atoms with Gasteiger partial charge in [-0.3, -0.25) is 14.9 Å². The summed E-state index contributed by atoms with van der Waals surface area (Å²) < 4.78 is 8.13. The number of nitrogens with one attached hydrogen (secondary N) is 1. The van der Waals surface area contributed by atoms with Crippen LogP contribution in [-0.2, 0) is 4.79 Å². The van der Waals surface area contributed by atoms with Crippen LogP contribution in [0.4, 0.5) is 17.1 Å². The van der Waals surface area contributed by atoms with Crippen LogP contribution in [0.1, 0.15) is 5.56 Å². The van der Waals surface area contributed by atoms with Gasteiger partial charge < -0.3 is 10.1 Å². The van der Waals surface area contributed by atoms with Crippen molar-refractivity contribution < 1.29 is 14.5 Å². The van der Waals surface area contributed by atoms with Crippen molar-refractivity contribution in [1.29, 1.82) is 0 Å². The number of amides is 1. The van der Waals surface area contributed by atoms with E-state index in [0.29, 0.717) is 21.9 Å². The monoisotopic (exact) mass is 597 g/mol. The van der Waals surface area contributed by atoms with Crippen molar-refractivity contribution in [3.8, 4) is 17.0 Å². The van der Waals surface area contributed by atoms with Crippen molar-refractivity contribution in [3.05, 3.63) is 96.2 Å². The molecule has 174 valence electrons. The lowest BCUT2D eigenvalue weighted by Crippen LogP contribution is -2.25. The molecule has 0 aliphatic carbocycles. The molecule has 0 fully saturated rings. The molecule has 3 aromatic carbocycles. The van der Waals surface area contributed by atoms with Crippen LogP contribution in [0.5, 0.6) is 5.75 Å². The first-order valence-electron chi connectivity index (χ1n) is 10.3. The average Bonchev–Trinajstić information content (AvgIpc) is 3.25. The number of hydrogen-bond donors (Lipinski definition) is 1. The fraction of sp³-hybridized carbons (Fsp3) is 0.0417. The molecule has 1 amide bonds. The molecule has 1 aromatic heterocycles. The standard InChI is InChI=1S/C24H16IN5O4S/c25-17-6-2-1-5-16(17)12-26-29-21(15-9-10-22-19(11-15)27-23(31)13-34-22)14-35-24(29)28-18-7-3-4-8-20(18)30(32)33/h1-12,14H,13H2,(H,27,31). The summed E-state index contributed by atoms with van der Waals surface area (Å²) in [7, 11) is 0. The van der Waals surface area contributed by atoms with Gasteiger partial charge in [-0.1, -0.05) is 30.3 Å². The van der Waals surface area contributed by atoms with E-state index in [4.69, 9.17) is 4.74 Å². The molecule has 5 rings (SSSR count). The van der Waals surface area contributed by atoms with Crippen molar-refractivity contribution >= 4 is 63.1 Å². The third-order valence-electron chi connectivity index (χ3n) is 5.11. The zero-order valence-electron chi connectivity index (χ0n) is 17.9. The van der Waals surface area contributed by atoms with Crippen LogP contribution < -0.4 is 14.9 Å². The van der Waals surface area contributed by atoms with E-state index in [9.17, 15) is 14.9 Å². The number of nitro benzene ring substituents is 1. The first-order chi connectivity index (χ1) is 17.0. The summed E-state index contributed by atoms with van der Waals surface area (Å²) in [6.07, 6.45) is 1.72. The number of anilines is 1. The van der Waals surface area contributed by atoms with Gasteiger partial charge in [0.15, 0.2) is 6.61 Å². The Morgan fingerprint density at radius 2 is 1.94 bits per heavy atom. The molecule has 0 atom stereocenters. The van der Waals surface area contributed by atoms with Gasteiger partial charge in [0, 0.05) is 26.1 Å². The third-order valence-corrected chi connectivity index (χ3v) is 6.90. The van der Waals surface area contributed by atoms with Gasteiger partial charge in [-0.15, -0.1) is 11.3 Å². The quantitative estimate of drug-likeness (QED) is 0.148. The molecule has 2 heterocycles. The molecule has 0 bridgehead atoms. The van der Waals surface area contributed by atoms with Gasteiger partial charge in [0.1, 0.15) is 11.4 Å². The van der Waals surface area contributed by atoms with Gasteiger partial charge in [-0.2, -0.15) is 5.10 Å². The summed E-state index contributed by atoms with van der Waals surface area (Å²) in [6, 6.07) is 19.6. The molecular formula is C24H16IN5O4S. The van der Waals surface area contributed by atoms with Gasteiger partial charge >= 0.3 is 0 Å². The summed E-state index contributed by atoms with van der Waals surface area (Å²) in [6.45, 7) is -0.0241. The number of carbonyl (C=O) groups is 1. The topological polar surface area (TPSA) is 111 Å². The molecule has 9 nitrogen and oxygen atoms in total. The van der Waals surface area contributed by atoms with Gasteiger partial charge in [-0.25, -0.2) is 9.67 Å². The molecule has 0 saturated carbocycles. The Morgan fingerprint density at radius 3 is 2.77 bits per heavy atom. The number of fused-ring (bicyclic) bond motifs is 1. The second-order valence-electron chi connectivity index (χ2n) is 7.39. The average molecular weight is 597 g/mol. The predicted octanol–water partition coefficient (Wildman–Crippen LogP) is 5.17. The normalized spacial score (nSPS) is 13.4. The van der Waals surface area contributed by atoms with E-state index in [1.165, 1.54) is 17.4 Å². The molecule has 1 N–H and O–H groups in total. The molecule has 4 aromatic rings. The lowest BCUT2D eigenvalue weighted by atomic mass is 10.1. The van der Waals surface area contributed by atoms with Crippen LogP contribution >= 0.6 is 33.9 Å². The highest BCUT2D eigenvalue weighted by atomic mass is 127. The Labute approximate surface area is 216 Å². The van der Waals surface area contributed by atoms with Gasteiger partial charge in [0.2, 0.25) is 4.80 Å². The van der Waals surface area contributed by atoms with E-state index in [1.807, 2.05) is 41.8 Å². The highest BCUT2D eigenvalue weighted by Crippen LogP contribution is 2.33. The summed E-state index contributed by atoms with van der Waals surface area (Å²) in [4.78, 5) is 27.9. The van der Waals surface area contributed by atoms with Crippen molar-refractivity contribution in [2.45, 2.75) is 0 Å². The maximum absolute atomic E-state index is 11.8. The fourth-order valence-electron chi connectivity index (χ4n) is 3.45. The van der Waals surface area contributed by atoms with Crippen LogP contribution in [-0.4, -0.2) is 28.3 Å². The van der Waals surface area contributed by atoms with E-state index in [2.05, 4.69) is 38.0 Å². The zero-order chi connectivity index (χ0) is 24.4. The minimum Gasteiger partial charge on any atom is -0.482 e. The van der Waals surface area contributed by atoms with Crippen LogP contribution in [0.2, 0.25) is 0 Å². The molecule has 0 spiro atoms. The largest absolute Gasteiger partial charge is 0.482 e. The Bertz CT molecular complexity index is 1560. The molecule has 0 unspecified atom stereocenters. The lowest BCUT2D eigenvalue weighted by molar-refractivity contribution is -0.384. The Kier molecular flexibility index (Phi) is 6.42. The number of ether oxygens (including phenoxy) is 1. The molecule has 1 aliphatic heterocycles. The van der Waals surface area contributed by atoms with Crippen molar-refractivity contribution in [2.75, 3.05) is 11.9 Å². The maximum atomic E-state index is 11.8. The number of nitro groups is 1. The fourth-order valence-corrected chi connectivity index (χ4v) is 4.82. The number of rotatable bonds is 5. The molecule has 1 aliphatic rings. The van der Waals surface area contributed by atoms with Crippen LogP contribution in [0.15, 0.2) is 82.2 Å². The number of hydrogen-bond acceptors (Lipinski definition) is 7. The maximum Gasteiger partial charge on any atom is 0.294 e. The molecule has 0 radical (unpaired) electrons. The number of aromatic nitrogens is 1. The zero-order valence-corrected chi connectivity index (χ0v) is 20.9. The van der Waals surface area contributed by atoms with Crippen molar-refractivity contribution in [3.63, 3.8) is 0 Å². The third kappa shape index (κ3) is 4.86. The highest BCUT2D eigenvalue weighted by Gasteiger charge is 2.18. The first kappa shape index (κ1) is 22.9. The van der Waals surface area contributed by atoms with E-state index >= 15 is 0 Å². The Balaban J connectivity index is 1.67. The van der Waals surface area contributed by atoms with Gasteiger partial charge in [0.25, 0.3) is 11.6 Å². The minimum absolute atomic E-state index is 0.0241. The molecule has 0 saturated heterocycles. The number of thiazole rings is 1. The van der Waals surface area contributed by atoms with Crippen molar-refractivity contribution in [2.24, 2.45) is 10.1 Å². The van der Waals surface area contributed by atoms with E-state index in [0.717, 1.165) is 14.7 Å². The summed E-state index contributed by atoms with van der Waals surface area (Å²) in [5.41, 5.74) is 3.10. The minimum atomic E-state index is -0.459. The van der Waals surface area contributed by atoms with Crippen LogP contribution in [0.3, 0.4) is 0 Å². The number of carbonyl (C=O) groups excluding carboxylic acids is 1. The first-order valence-corrected chi connectivity index (χ1v) is 12.3. The summed E-state index contributed by atoms with van der Waals surface area (Å²) >= 11 is 3.54. The van der Waals surface area contributed by atoms with Gasteiger partial charge in [0.05, 0.1) is 22.5 Å². The molecular weight excluding hydrogens is 581 g/mol. The van der Waals surface area contributed by atoms with Gasteiger partial charge in [-0.05, 0) is 52.9 Å². The molecule has 11 heteroatoms. The van der Waals surface area contributed by atoms with E-state index in [-0.39, 0.29) is 23.9 Å². The Morgan fingerprint density at radius 1 is 1.14 bits per heavy atom. The second kappa shape index (κ2) is 9.80. The smallest absolute Gasteiger partial charge is 0.294 e. The second-order valence-corrected chi connectivity index (χ2v) is 9.39.